The first kappa shape index (κ1) is 23.8. The molecule has 0 bridgehead atoms. The summed E-state index contributed by atoms with van der Waals surface area (Å²) in [5.74, 6) is 0.280. The number of carbonyl (C=O) groups excluding carboxylic acids is 1. The molecule has 0 heterocycles. The average Bonchev–Trinajstić information content (AvgIpc) is 2.66. The minimum absolute atomic E-state index is 0.0747. The number of carbonyl (C=O) groups is 1. The van der Waals surface area contributed by atoms with Crippen LogP contribution in [0.4, 0.5) is 0 Å². The summed E-state index contributed by atoms with van der Waals surface area (Å²) < 4.78 is 7.02. The predicted molar refractivity (Wildman–Crippen MR) is 130 cm³/mol. The van der Waals surface area contributed by atoms with Crippen molar-refractivity contribution in [2.75, 3.05) is 0 Å². The van der Waals surface area contributed by atoms with Gasteiger partial charge in [-0.1, -0.05) is 73.1 Å². The molecule has 0 N–H and O–H groups in total. The Balaban J connectivity index is 1.96. The first-order chi connectivity index (χ1) is 13.5. The van der Waals surface area contributed by atoms with Gasteiger partial charge in [-0.3, -0.25) is 4.79 Å². The number of nitrogens with zero attached hydrogens (tertiary/aromatic N) is 1. The Hall–Kier alpha value is -1.46. The van der Waals surface area contributed by atoms with Crippen molar-refractivity contribution in [1.29, 1.82) is 0 Å². The van der Waals surface area contributed by atoms with Crippen LogP contribution in [-0.2, 0) is 9.32 Å². The molecule has 1 aromatic carbocycles. The molecule has 0 spiro atoms. The summed E-state index contributed by atoms with van der Waals surface area (Å²) in [7, 11) is -1.87. The fourth-order valence-electron chi connectivity index (χ4n) is 2.97. The molecule has 0 unspecified atom stereocenters. The van der Waals surface area contributed by atoms with E-state index in [9.17, 15) is 4.79 Å². The molecule has 1 saturated carbocycles. The molecule has 0 aliphatic heterocycles. The number of ketones is 1. The molecule has 1 aliphatic rings. The molecular weight excluding hydrogens is 442 g/mol. The Kier molecular flexibility index (Phi) is 8.24. The van der Waals surface area contributed by atoms with Crippen LogP contribution in [0.1, 0.15) is 58.9 Å². The van der Waals surface area contributed by atoms with Gasteiger partial charge in [0.1, 0.15) is 0 Å². The molecule has 0 amide bonds. The van der Waals surface area contributed by atoms with E-state index in [0.717, 1.165) is 47.0 Å². The highest BCUT2D eigenvalue weighted by atomic mass is 79.9. The molecule has 1 aromatic rings. The number of hydrogen-bond acceptors (Lipinski definition) is 3. The van der Waals surface area contributed by atoms with Crippen molar-refractivity contribution in [1.82, 2.24) is 0 Å². The number of hydrogen-bond donors (Lipinski definition) is 0. The molecule has 1 fully saturated rings. The standard InChI is InChI=1S/C24H34BrNO2Si/c1-18(25)22(19-10-8-7-9-11-19)16-17-23(27)20-12-14-21(15-13-20)26-28-29(5,6)24(2,3)4/h7-11,16-17,20H,12-15H2,1-6H3/b17-16+,22-18+,26-21?. The van der Waals surface area contributed by atoms with Gasteiger partial charge in [0, 0.05) is 5.92 Å². The molecule has 29 heavy (non-hydrogen) atoms. The van der Waals surface area contributed by atoms with E-state index in [-0.39, 0.29) is 16.7 Å². The van der Waals surface area contributed by atoms with Crippen molar-refractivity contribution in [2.45, 2.75) is 71.5 Å². The Labute approximate surface area is 185 Å². The van der Waals surface area contributed by atoms with E-state index >= 15 is 0 Å². The minimum atomic E-state index is -1.87. The fourth-order valence-corrected chi connectivity index (χ4v) is 3.96. The lowest BCUT2D eigenvalue weighted by Gasteiger charge is -2.33. The van der Waals surface area contributed by atoms with Gasteiger partial charge in [0.05, 0.1) is 5.71 Å². The maximum absolute atomic E-state index is 12.7. The SMILES string of the molecule is C/C(Br)=C(/C=C/C(=O)C1CCC(=NO[Si](C)(C)C(C)(C)C)CC1)c1ccccc1. The number of oxime groups is 1. The van der Waals surface area contributed by atoms with Gasteiger partial charge >= 0.3 is 0 Å². The average molecular weight is 477 g/mol. The summed E-state index contributed by atoms with van der Waals surface area (Å²) in [6.07, 6.45) is 7.06. The third kappa shape index (κ3) is 6.78. The molecule has 2 rings (SSSR count). The van der Waals surface area contributed by atoms with Gasteiger partial charge in [0.15, 0.2) is 5.78 Å². The molecule has 0 radical (unpaired) electrons. The molecule has 5 heteroatoms. The summed E-state index contributed by atoms with van der Waals surface area (Å²) >= 11 is 3.57. The molecular formula is C24H34BrNO2Si. The highest BCUT2D eigenvalue weighted by molar-refractivity contribution is 9.11. The highest BCUT2D eigenvalue weighted by Gasteiger charge is 2.40. The van der Waals surface area contributed by atoms with E-state index < -0.39 is 8.32 Å². The maximum atomic E-state index is 12.7. The fraction of sp³-hybridized carbons (Fsp3) is 0.500. The van der Waals surface area contributed by atoms with Crippen LogP contribution in [0.3, 0.4) is 0 Å². The third-order valence-electron chi connectivity index (χ3n) is 6.04. The van der Waals surface area contributed by atoms with Gasteiger partial charge in [-0.15, -0.1) is 5.16 Å². The van der Waals surface area contributed by atoms with Crippen LogP contribution >= 0.6 is 15.9 Å². The van der Waals surface area contributed by atoms with Crippen LogP contribution < -0.4 is 0 Å². The minimum Gasteiger partial charge on any atom is -0.455 e. The van der Waals surface area contributed by atoms with E-state index in [1.54, 1.807) is 6.08 Å². The van der Waals surface area contributed by atoms with Crippen LogP contribution in [-0.4, -0.2) is 19.8 Å². The van der Waals surface area contributed by atoms with Gasteiger partial charge in [0.2, 0.25) is 0 Å². The van der Waals surface area contributed by atoms with E-state index in [0.29, 0.717) is 0 Å². The summed E-state index contributed by atoms with van der Waals surface area (Å²) in [6.45, 7) is 13.1. The topological polar surface area (TPSA) is 38.7 Å². The van der Waals surface area contributed by atoms with E-state index in [1.807, 2.05) is 31.2 Å². The second-order valence-electron chi connectivity index (χ2n) is 9.33. The van der Waals surface area contributed by atoms with Crippen molar-refractivity contribution in [3.63, 3.8) is 0 Å². The van der Waals surface area contributed by atoms with Crippen LogP contribution in [0, 0.1) is 5.92 Å². The summed E-state index contributed by atoms with van der Waals surface area (Å²) in [4.78, 5) is 12.7. The zero-order chi connectivity index (χ0) is 21.7. The van der Waals surface area contributed by atoms with Crippen LogP contribution in [0.15, 0.2) is 52.1 Å². The monoisotopic (exact) mass is 475 g/mol. The summed E-state index contributed by atoms with van der Waals surface area (Å²) in [5.41, 5.74) is 3.25. The second-order valence-corrected chi connectivity index (χ2v) is 15.2. The van der Waals surface area contributed by atoms with Crippen LogP contribution in [0.2, 0.25) is 18.1 Å². The molecule has 1 aliphatic carbocycles. The van der Waals surface area contributed by atoms with Gasteiger partial charge in [0.25, 0.3) is 8.32 Å². The molecule has 158 valence electrons. The first-order valence-electron chi connectivity index (χ1n) is 10.4. The van der Waals surface area contributed by atoms with Crippen LogP contribution in [0.25, 0.3) is 5.57 Å². The van der Waals surface area contributed by atoms with Gasteiger partial charge in [-0.2, -0.15) is 0 Å². The number of halogens is 1. The van der Waals surface area contributed by atoms with Crippen molar-refractivity contribution >= 4 is 41.3 Å². The zero-order valence-corrected chi connectivity index (χ0v) is 21.2. The second kappa shape index (κ2) is 10.0. The lowest BCUT2D eigenvalue weighted by Crippen LogP contribution is -2.39. The highest BCUT2D eigenvalue weighted by Crippen LogP contribution is 2.37. The molecule has 0 aromatic heterocycles. The maximum Gasteiger partial charge on any atom is 0.286 e. The van der Waals surface area contributed by atoms with Crippen molar-refractivity contribution in [2.24, 2.45) is 11.1 Å². The van der Waals surface area contributed by atoms with Crippen LogP contribution in [0.5, 0.6) is 0 Å². The van der Waals surface area contributed by atoms with Gasteiger partial charge in [-0.05, 0) is 72.4 Å². The van der Waals surface area contributed by atoms with Crippen molar-refractivity contribution in [3.05, 3.63) is 52.5 Å². The molecule has 3 nitrogen and oxygen atoms in total. The Bertz CT molecular complexity index is 790. The summed E-state index contributed by atoms with van der Waals surface area (Å²) in [6, 6.07) is 10.1. The lowest BCUT2D eigenvalue weighted by atomic mass is 9.85. The van der Waals surface area contributed by atoms with Gasteiger partial charge in [-0.25, -0.2) is 0 Å². The smallest absolute Gasteiger partial charge is 0.286 e. The third-order valence-corrected chi connectivity index (χ3v) is 10.6. The molecule has 0 atom stereocenters. The van der Waals surface area contributed by atoms with Gasteiger partial charge < -0.3 is 4.53 Å². The Morgan fingerprint density at radius 3 is 2.24 bits per heavy atom. The predicted octanol–water partition coefficient (Wildman–Crippen LogP) is 7.51. The Morgan fingerprint density at radius 1 is 1.14 bits per heavy atom. The largest absolute Gasteiger partial charge is 0.455 e. The zero-order valence-electron chi connectivity index (χ0n) is 18.6. The van der Waals surface area contributed by atoms with E-state index in [4.69, 9.17) is 4.53 Å². The summed E-state index contributed by atoms with van der Waals surface area (Å²) in [5, 5.41) is 4.63. The van der Waals surface area contributed by atoms with E-state index in [2.05, 4.69) is 67.1 Å². The van der Waals surface area contributed by atoms with E-state index in [1.165, 1.54) is 0 Å². The Morgan fingerprint density at radius 2 is 1.72 bits per heavy atom. The number of benzene rings is 1. The quantitative estimate of drug-likeness (QED) is 0.184. The normalized spacial score (nSPS) is 19.1. The molecule has 0 saturated heterocycles. The van der Waals surface area contributed by atoms with Crippen molar-refractivity contribution < 1.29 is 9.32 Å². The number of allylic oxidation sites excluding steroid dienone is 4. The van der Waals surface area contributed by atoms with Crippen molar-refractivity contribution in [3.8, 4) is 0 Å². The number of rotatable bonds is 6. The first-order valence-corrected chi connectivity index (χ1v) is 14.1. The lowest BCUT2D eigenvalue weighted by molar-refractivity contribution is -0.118.